The molecular formula is C24H49N. The average Bonchev–Trinajstić information content (AvgIpc) is 2.60. The van der Waals surface area contributed by atoms with Gasteiger partial charge in [-0.15, -0.1) is 0 Å². The van der Waals surface area contributed by atoms with E-state index >= 15 is 0 Å². The lowest BCUT2D eigenvalue weighted by Gasteiger charge is -2.41. The zero-order chi connectivity index (χ0) is 18.8. The van der Waals surface area contributed by atoms with E-state index in [0.29, 0.717) is 0 Å². The van der Waals surface area contributed by atoms with Crippen LogP contribution in [-0.4, -0.2) is 24.5 Å². The van der Waals surface area contributed by atoms with Crippen LogP contribution in [-0.2, 0) is 0 Å². The average molecular weight is 352 g/mol. The van der Waals surface area contributed by atoms with Crippen molar-refractivity contribution in [2.45, 2.75) is 112 Å². The van der Waals surface area contributed by atoms with Crippen molar-refractivity contribution in [1.82, 2.24) is 4.90 Å². The summed E-state index contributed by atoms with van der Waals surface area (Å²) in [5, 5.41) is 0. The standard InChI is InChI=1S/C24H49N/c1-8-11-17-25(7)24(10-3)21(6)23(20(5)12-9-2)18-22-15-13-19(4)14-16-22/h19-24H,8-18H2,1-7H3. The molecule has 0 aromatic carbocycles. The number of rotatable bonds is 12. The highest BCUT2D eigenvalue weighted by Crippen LogP contribution is 2.40. The molecular weight excluding hydrogens is 302 g/mol. The molecule has 0 heterocycles. The number of hydrogen-bond acceptors (Lipinski definition) is 1. The van der Waals surface area contributed by atoms with Crippen molar-refractivity contribution < 1.29 is 0 Å². The summed E-state index contributed by atoms with van der Waals surface area (Å²) in [5.74, 6) is 4.60. The van der Waals surface area contributed by atoms with Gasteiger partial charge in [0.1, 0.15) is 0 Å². The van der Waals surface area contributed by atoms with E-state index in [2.05, 4.69) is 53.5 Å². The third-order valence-electron chi connectivity index (χ3n) is 7.35. The molecule has 1 aliphatic rings. The van der Waals surface area contributed by atoms with Crippen LogP contribution in [0, 0.1) is 29.6 Å². The summed E-state index contributed by atoms with van der Waals surface area (Å²) in [7, 11) is 2.38. The first kappa shape index (κ1) is 23.0. The molecule has 0 aliphatic heterocycles. The monoisotopic (exact) mass is 351 g/mol. The van der Waals surface area contributed by atoms with E-state index in [1.54, 1.807) is 0 Å². The second kappa shape index (κ2) is 12.4. The fourth-order valence-corrected chi connectivity index (χ4v) is 5.53. The van der Waals surface area contributed by atoms with Gasteiger partial charge in [0.25, 0.3) is 0 Å². The van der Waals surface area contributed by atoms with Crippen molar-refractivity contribution >= 4 is 0 Å². The molecule has 1 heteroatoms. The molecule has 1 fully saturated rings. The highest BCUT2D eigenvalue weighted by molar-refractivity contribution is 4.85. The van der Waals surface area contributed by atoms with Gasteiger partial charge in [-0.1, -0.05) is 86.5 Å². The zero-order valence-electron chi connectivity index (χ0n) is 18.7. The van der Waals surface area contributed by atoms with Crippen molar-refractivity contribution in [3.05, 3.63) is 0 Å². The molecule has 1 saturated carbocycles. The van der Waals surface area contributed by atoms with Crippen LogP contribution < -0.4 is 0 Å². The molecule has 0 radical (unpaired) electrons. The Hall–Kier alpha value is -0.0400. The number of nitrogens with zero attached hydrogens (tertiary/aromatic N) is 1. The molecule has 0 amide bonds. The summed E-state index contributed by atoms with van der Waals surface area (Å²) in [6, 6.07) is 0.762. The Morgan fingerprint density at radius 2 is 1.60 bits per heavy atom. The van der Waals surface area contributed by atoms with Gasteiger partial charge in [-0.05, 0) is 62.4 Å². The molecule has 1 nitrogen and oxygen atoms in total. The van der Waals surface area contributed by atoms with Gasteiger partial charge >= 0.3 is 0 Å². The molecule has 0 spiro atoms. The maximum atomic E-state index is 2.68. The van der Waals surface area contributed by atoms with Crippen LogP contribution in [0.2, 0.25) is 0 Å². The summed E-state index contributed by atoms with van der Waals surface area (Å²) in [4.78, 5) is 2.68. The van der Waals surface area contributed by atoms with Gasteiger partial charge in [-0.2, -0.15) is 0 Å². The van der Waals surface area contributed by atoms with E-state index < -0.39 is 0 Å². The molecule has 1 rings (SSSR count). The van der Waals surface area contributed by atoms with E-state index in [4.69, 9.17) is 0 Å². The molecule has 25 heavy (non-hydrogen) atoms. The first-order valence-electron chi connectivity index (χ1n) is 11.6. The first-order valence-corrected chi connectivity index (χ1v) is 11.6. The van der Waals surface area contributed by atoms with Crippen LogP contribution in [0.3, 0.4) is 0 Å². The van der Waals surface area contributed by atoms with E-state index in [9.17, 15) is 0 Å². The van der Waals surface area contributed by atoms with Crippen molar-refractivity contribution in [2.75, 3.05) is 13.6 Å². The molecule has 0 bridgehead atoms. The lowest BCUT2D eigenvalue weighted by Crippen LogP contribution is -2.42. The molecule has 1 aliphatic carbocycles. The van der Waals surface area contributed by atoms with Gasteiger partial charge in [0, 0.05) is 6.04 Å². The predicted octanol–water partition coefficient (Wildman–Crippen LogP) is 7.40. The van der Waals surface area contributed by atoms with E-state index in [1.165, 1.54) is 70.8 Å². The largest absolute Gasteiger partial charge is 0.303 e. The smallest absolute Gasteiger partial charge is 0.0118 e. The second-order valence-electron chi connectivity index (χ2n) is 9.46. The zero-order valence-corrected chi connectivity index (χ0v) is 18.7. The summed E-state index contributed by atoms with van der Waals surface area (Å²) in [5.41, 5.74) is 0. The molecule has 0 N–H and O–H groups in total. The van der Waals surface area contributed by atoms with Gasteiger partial charge < -0.3 is 4.90 Å². The van der Waals surface area contributed by atoms with Gasteiger partial charge in [0.15, 0.2) is 0 Å². The third-order valence-corrected chi connectivity index (χ3v) is 7.35. The van der Waals surface area contributed by atoms with Crippen molar-refractivity contribution in [3.8, 4) is 0 Å². The lowest BCUT2D eigenvalue weighted by atomic mass is 9.69. The Morgan fingerprint density at radius 1 is 0.960 bits per heavy atom. The van der Waals surface area contributed by atoms with Crippen LogP contribution in [0.15, 0.2) is 0 Å². The van der Waals surface area contributed by atoms with Crippen LogP contribution in [0.4, 0.5) is 0 Å². The van der Waals surface area contributed by atoms with Crippen LogP contribution in [0.5, 0.6) is 0 Å². The highest BCUT2D eigenvalue weighted by Gasteiger charge is 2.33. The van der Waals surface area contributed by atoms with E-state index in [1.807, 2.05) is 0 Å². The quantitative estimate of drug-likeness (QED) is 0.354. The summed E-state index contributed by atoms with van der Waals surface area (Å²) in [6.45, 7) is 15.9. The summed E-state index contributed by atoms with van der Waals surface area (Å²) in [6.07, 6.45) is 14.1. The Bertz CT molecular complexity index is 318. The van der Waals surface area contributed by atoms with Crippen molar-refractivity contribution in [3.63, 3.8) is 0 Å². The number of unbranched alkanes of at least 4 members (excludes halogenated alkanes) is 1. The predicted molar refractivity (Wildman–Crippen MR) is 114 cm³/mol. The van der Waals surface area contributed by atoms with Gasteiger partial charge in [0.2, 0.25) is 0 Å². The highest BCUT2D eigenvalue weighted by atomic mass is 15.1. The fourth-order valence-electron chi connectivity index (χ4n) is 5.53. The van der Waals surface area contributed by atoms with Crippen LogP contribution in [0.1, 0.15) is 106 Å². The topological polar surface area (TPSA) is 3.24 Å². The second-order valence-corrected chi connectivity index (χ2v) is 9.46. The normalized spacial score (nSPS) is 26.4. The Labute approximate surface area is 160 Å². The Kier molecular flexibility index (Phi) is 11.4. The Balaban J connectivity index is 2.77. The SMILES string of the molecule is CCCCN(C)C(CC)C(C)C(CC1CCC(C)CC1)C(C)CCC. The number of hydrogen-bond donors (Lipinski definition) is 0. The first-order chi connectivity index (χ1) is 11.9. The molecule has 0 aromatic heterocycles. The molecule has 4 unspecified atom stereocenters. The third kappa shape index (κ3) is 7.61. The van der Waals surface area contributed by atoms with Gasteiger partial charge in [0.05, 0.1) is 0 Å². The Morgan fingerprint density at radius 3 is 2.12 bits per heavy atom. The van der Waals surface area contributed by atoms with Gasteiger partial charge in [-0.3, -0.25) is 0 Å². The van der Waals surface area contributed by atoms with Crippen molar-refractivity contribution in [1.29, 1.82) is 0 Å². The molecule has 0 aromatic rings. The van der Waals surface area contributed by atoms with Crippen LogP contribution in [0.25, 0.3) is 0 Å². The lowest BCUT2D eigenvalue weighted by molar-refractivity contribution is 0.0840. The minimum Gasteiger partial charge on any atom is -0.303 e. The molecule has 4 atom stereocenters. The van der Waals surface area contributed by atoms with E-state index in [0.717, 1.165) is 35.6 Å². The molecule has 150 valence electrons. The summed E-state index contributed by atoms with van der Waals surface area (Å²) >= 11 is 0. The van der Waals surface area contributed by atoms with E-state index in [-0.39, 0.29) is 0 Å². The molecule has 0 saturated heterocycles. The maximum Gasteiger partial charge on any atom is 0.0118 e. The fraction of sp³-hybridized carbons (Fsp3) is 1.00. The minimum absolute atomic E-state index is 0.762. The van der Waals surface area contributed by atoms with Crippen molar-refractivity contribution in [2.24, 2.45) is 29.6 Å². The summed E-state index contributed by atoms with van der Waals surface area (Å²) < 4.78 is 0. The van der Waals surface area contributed by atoms with Crippen LogP contribution >= 0.6 is 0 Å². The maximum absolute atomic E-state index is 2.68. The van der Waals surface area contributed by atoms with Gasteiger partial charge in [-0.25, -0.2) is 0 Å². The minimum atomic E-state index is 0.762.